The second-order valence-corrected chi connectivity index (χ2v) is 6.60. The lowest BCUT2D eigenvalue weighted by molar-refractivity contribution is 0.0914. The van der Waals surface area contributed by atoms with Crippen LogP contribution in [0.1, 0.15) is 23.3 Å². The number of nitrogens with one attached hydrogen (secondary N) is 1. The monoisotopic (exact) mass is 319 g/mol. The Kier molecular flexibility index (Phi) is 5.20. The highest BCUT2D eigenvalue weighted by atomic mass is 16.3. The van der Waals surface area contributed by atoms with Crippen LogP contribution in [0.25, 0.3) is 0 Å². The second-order valence-electron chi connectivity index (χ2n) is 6.60. The van der Waals surface area contributed by atoms with Gasteiger partial charge in [-0.2, -0.15) is 0 Å². The fourth-order valence-electron chi connectivity index (χ4n) is 3.57. The van der Waals surface area contributed by atoms with Crippen molar-refractivity contribution in [2.24, 2.45) is 5.92 Å². The summed E-state index contributed by atoms with van der Waals surface area (Å²) in [7, 11) is 2.15. The van der Waals surface area contributed by atoms with E-state index in [0.29, 0.717) is 11.7 Å². The smallest absolute Gasteiger partial charge is 0.271 e. The number of likely N-dealkylation sites (tertiary alicyclic amines) is 2. The first kappa shape index (κ1) is 16.3. The van der Waals surface area contributed by atoms with E-state index in [1.165, 1.54) is 12.4 Å². The number of aromatic nitrogens is 2. The maximum absolute atomic E-state index is 12.3. The van der Waals surface area contributed by atoms with Crippen LogP contribution in [0.15, 0.2) is 18.6 Å². The van der Waals surface area contributed by atoms with E-state index in [0.717, 1.165) is 39.0 Å². The minimum Gasteiger partial charge on any atom is -0.396 e. The first-order valence-electron chi connectivity index (χ1n) is 8.27. The third kappa shape index (κ3) is 3.85. The molecule has 2 aliphatic heterocycles. The average molecular weight is 319 g/mol. The van der Waals surface area contributed by atoms with E-state index < -0.39 is 0 Å². The van der Waals surface area contributed by atoms with Gasteiger partial charge in [0.15, 0.2) is 0 Å². The molecule has 2 N–H and O–H groups in total. The zero-order chi connectivity index (χ0) is 16.2. The van der Waals surface area contributed by atoms with Crippen LogP contribution in [0.3, 0.4) is 0 Å². The predicted octanol–water partition coefficient (Wildman–Crippen LogP) is -0.407. The van der Waals surface area contributed by atoms with Gasteiger partial charge >= 0.3 is 0 Å². The van der Waals surface area contributed by atoms with Crippen molar-refractivity contribution >= 4 is 5.91 Å². The SMILES string of the molecule is CN1CCC(N2C[C@@H](CO)[C@H](NC(=O)c3cnccn3)C2)CC1. The molecule has 7 nitrogen and oxygen atoms in total. The van der Waals surface area contributed by atoms with Crippen molar-refractivity contribution in [2.45, 2.75) is 24.9 Å². The standard InChI is InChI=1S/C16H25N5O2/c1-20-6-2-13(3-7-20)21-9-12(11-22)15(10-21)19-16(23)14-8-17-4-5-18-14/h4-5,8,12-13,15,22H,2-3,6-7,9-11H2,1H3,(H,19,23)/t12-,15+/m0/s1. The van der Waals surface area contributed by atoms with Gasteiger partial charge in [-0.3, -0.25) is 14.7 Å². The molecule has 0 spiro atoms. The van der Waals surface area contributed by atoms with E-state index in [1.54, 1.807) is 6.20 Å². The maximum Gasteiger partial charge on any atom is 0.271 e. The average Bonchev–Trinajstić information content (AvgIpc) is 2.99. The third-order valence-electron chi connectivity index (χ3n) is 5.02. The number of hydrogen-bond donors (Lipinski definition) is 2. The van der Waals surface area contributed by atoms with Crippen LogP contribution in [-0.2, 0) is 0 Å². The van der Waals surface area contributed by atoms with Crippen LogP contribution < -0.4 is 5.32 Å². The number of piperidine rings is 1. The number of rotatable bonds is 4. The number of carbonyl (C=O) groups excluding carboxylic acids is 1. The van der Waals surface area contributed by atoms with Crippen molar-refractivity contribution in [3.05, 3.63) is 24.3 Å². The third-order valence-corrected chi connectivity index (χ3v) is 5.02. The molecule has 3 heterocycles. The molecule has 0 saturated carbocycles. The van der Waals surface area contributed by atoms with Gasteiger partial charge in [0, 0.05) is 50.1 Å². The Morgan fingerprint density at radius 1 is 1.35 bits per heavy atom. The highest BCUT2D eigenvalue weighted by molar-refractivity contribution is 5.92. The van der Waals surface area contributed by atoms with Crippen LogP contribution in [0.4, 0.5) is 0 Å². The summed E-state index contributed by atoms with van der Waals surface area (Å²) >= 11 is 0. The number of nitrogens with zero attached hydrogens (tertiary/aromatic N) is 4. The summed E-state index contributed by atoms with van der Waals surface area (Å²) in [5, 5.41) is 12.7. The van der Waals surface area contributed by atoms with E-state index >= 15 is 0 Å². The van der Waals surface area contributed by atoms with Crippen molar-refractivity contribution in [1.82, 2.24) is 25.1 Å². The Morgan fingerprint density at radius 3 is 2.78 bits per heavy atom. The van der Waals surface area contributed by atoms with Gasteiger partial charge in [-0.25, -0.2) is 4.98 Å². The molecule has 0 aliphatic carbocycles. The minimum atomic E-state index is -0.216. The van der Waals surface area contributed by atoms with Gasteiger partial charge in [0.25, 0.3) is 5.91 Å². The predicted molar refractivity (Wildman–Crippen MR) is 86.0 cm³/mol. The molecule has 7 heteroatoms. The highest BCUT2D eigenvalue weighted by Crippen LogP contribution is 2.24. The lowest BCUT2D eigenvalue weighted by Gasteiger charge is -2.35. The molecule has 23 heavy (non-hydrogen) atoms. The first-order valence-corrected chi connectivity index (χ1v) is 8.27. The molecule has 2 aliphatic rings. The molecule has 0 radical (unpaired) electrons. The van der Waals surface area contributed by atoms with Crippen molar-refractivity contribution in [3.8, 4) is 0 Å². The summed E-state index contributed by atoms with van der Waals surface area (Å²) in [4.78, 5) is 25.0. The van der Waals surface area contributed by atoms with E-state index in [9.17, 15) is 9.90 Å². The van der Waals surface area contributed by atoms with Gasteiger partial charge in [0.1, 0.15) is 5.69 Å². The van der Waals surface area contributed by atoms with Crippen LogP contribution in [0.2, 0.25) is 0 Å². The Labute approximate surface area is 136 Å². The summed E-state index contributed by atoms with van der Waals surface area (Å²) in [6.07, 6.45) is 6.83. The van der Waals surface area contributed by atoms with Crippen molar-refractivity contribution in [1.29, 1.82) is 0 Å². The van der Waals surface area contributed by atoms with Gasteiger partial charge in [0.05, 0.1) is 6.20 Å². The number of amides is 1. The molecule has 2 saturated heterocycles. The number of aliphatic hydroxyl groups excluding tert-OH is 1. The molecule has 2 atom stereocenters. The van der Waals surface area contributed by atoms with E-state index in [4.69, 9.17) is 0 Å². The summed E-state index contributed by atoms with van der Waals surface area (Å²) in [6, 6.07) is 0.521. The Hall–Kier alpha value is -1.57. The van der Waals surface area contributed by atoms with Gasteiger partial charge in [0.2, 0.25) is 0 Å². The second kappa shape index (κ2) is 7.33. The zero-order valence-electron chi connectivity index (χ0n) is 13.6. The van der Waals surface area contributed by atoms with Crippen LogP contribution in [-0.4, -0.2) is 82.7 Å². The van der Waals surface area contributed by atoms with Gasteiger partial charge < -0.3 is 15.3 Å². The first-order chi connectivity index (χ1) is 11.2. The molecule has 2 fully saturated rings. The van der Waals surface area contributed by atoms with Crippen LogP contribution in [0.5, 0.6) is 0 Å². The lowest BCUT2D eigenvalue weighted by Crippen LogP contribution is -2.45. The van der Waals surface area contributed by atoms with Gasteiger partial charge in [-0.15, -0.1) is 0 Å². The zero-order valence-corrected chi connectivity index (χ0v) is 13.6. The topological polar surface area (TPSA) is 81.6 Å². The number of hydrogen-bond acceptors (Lipinski definition) is 6. The Morgan fingerprint density at radius 2 is 2.13 bits per heavy atom. The molecule has 126 valence electrons. The molecule has 0 unspecified atom stereocenters. The molecule has 1 aromatic heterocycles. The van der Waals surface area contributed by atoms with E-state index in [1.807, 2.05) is 0 Å². The fraction of sp³-hybridized carbons (Fsp3) is 0.688. The quantitative estimate of drug-likeness (QED) is 0.785. The maximum atomic E-state index is 12.3. The fourth-order valence-corrected chi connectivity index (χ4v) is 3.57. The van der Waals surface area contributed by atoms with E-state index in [-0.39, 0.29) is 24.5 Å². The van der Waals surface area contributed by atoms with Crippen molar-refractivity contribution in [3.63, 3.8) is 0 Å². The van der Waals surface area contributed by atoms with Crippen molar-refractivity contribution < 1.29 is 9.90 Å². The molecular weight excluding hydrogens is 294 g/mol. The normalized spacial score (nSPS) is 27.2. The molecule has 0 bridgehead atoms. The Bertz CT molecular complexity index is 518. The summed E-state index contributed by atoms with van der Waals surface area (Å²) in [6.45, 7) is 3.96. The van der Waals surface area contributed by atoms with E-state index in [2.05, 4.69) is 32.1 Å². The number of carbonyl (C=O) groups is 1. The molecule has 1 amide bonds. The van der Waals surface area contributed by atoms with Gasteiger partial charge in [-0.05, 0) is 33.0 Å². The summed E-state index contributed by atoms with van der Waals surface area (Å²) in [5.74, 6) is -0.137. The number of aliphatic hydroxyl groups is 1. The van der Waals surface area contributed by atoms with Crippen LogP contribution >= 0.6 is 0 Å². The molecule has 1 aromatic rings. The molecule has 3 rings (SSSR count). The largest absolute Gasteiger partial charge is 0.396 e. The van der Waals surface area contributed by atoms with Gasteiger partial charge in [-0.1, -0.05) is 0 Å². The summed E-state index contributed by atoms with van der Waals surface area (Å²) < 4.78 is 0. The van der Waals surface area contributed by atoms with Crippen molar-refractivity contribution in [2.75, 3.05) is 39.8 Å². The lowest BCUT2D eigenvalue weighted by atomic mass is 10.0. The minimum absolute atomic E-state index is 0.0332. The molecular formula is C16H25N5O2. The molecule has 0 aromatic carbocycles. The summed E-state index contributed by atoms with van der Waals surface area (Å²) in [5.41, 5.74) is 0.321. The highest BCUT2D eigenvalue weighted by Gasteiger charge is 2.37. The Balaban J connectivity index is 1.60. The van der Waals surface area contributed by atoms with Crippen LogP contribution in [0, 0.1) is 5.92 Å².